The molecule has 10 heavy (non-hydrogen) atoms. The third-order valence-corrected chi connectivity index (χ3v) is 1.56. The fraction of sp³-hybridized carbons (Fsp3) is 0.125. The van der Waals surface area contributed by atoms with Gasteiger partial charge in [0, 0.05) is 5.56 Å². The molecule has 0 aromatic heterocycles. The summed E-state index contributed by atoms with van der Waals surface area (Å²) in [6.45, 7) is 0. The Bertz CT molecular complexity index is 253. The van der Waals surface area contributed by atoms with Gasteiger partial charge in [-0.05, 0) is 6.07 Å². The standard InChI is InChI=1S/C8H7NO/c9-8-5-6-3-1-2-4-7(6)10-8/h1-4,9H,5H2. The van der Waals surface area contributed by atoms with E-state index in [1.165, 1.54) is 0 Å². The molecule has 1 aliphatic rings. The SMILES string of the molecule is N=C1Cc2ccccc2O1. The van der Waals surface area contributed by atoms with Gasteiger partial charge in [0.05, 0.1) is 6.42 Å². The predicted molar refractivity (Wildman–Crippen MR) is 38.5 cm³/mol. The molecule has 0 bridgehead atoms. The van der Waals surface area contributed by atoms with Crippen LogP contribution in [0.15, 0.2) is 24.3 Å². The van der Waals surface area contributed by atoms with Crippen LogP contribution in [-0.2, 0) is 6.42 Å². The summed E-state index contributed by atoms with van der Waals surface area (Å²) in [4.78, 5) is 0. The number of hydrogen-bond donors (Lipinski definition) is 1. The van der Waals surface area contributed by atoms with Crippen molar-refractivity contribution in [2.45, 2.75) is 6.42 Å². The van der Waals surface area contributed by atoms with E-state index in [2.05, 4.69) is 0 Å². The molecule has 1 N–H and O–H groups in total. The van der Waals surface area contributed by atoms with Gasteiger partial charge in [-0.25, -0.2) is 0 Å². The van der Waals surface area contributed by atoms with E-state index in [0.29, 0.717) is 12.3 Å². The van der Waals surface area contributed by atoms with Crippen LogP contribution in [0.25, 0.3) is 0 Å². The second-order valence-electron chi connectivity index (χ2n) is 2.31. The third-order valence-electron chi connectivity index (χ3n) is 1.56. The highest BCUT2D eigenvalue weighted by Crippen LogP contribution is 2.24. The minimum Gasteiger partial charge on any atom is -0.443 e. The van der Waals surface area contributed by atoms with Crippen molar-refractivity contribution in [1.82, 2.24) is 0 Å². The molecule has 2 nitrogen and oxygen atoms in total. The number of rotatable bonds is 0. The van der Waals surface area contributed by atoms with Crippen LogP contribution in [0, 0.1) is 5.41 Å². The van der Waals surface area contributed by atoms with Crippen LogP contribution in [0.4, 0.5) is 0 Å². The largest absolute Gasteiger partial charge is 0.443 e. The lowest BCUT2D eigenvalue weighted by molar-refractivity contribution is 0.560. The molecule has 1 heterocycles. The molecular weight excluding hydrogens is 126 g/mol. The average molecular weight is 133 g/mol. The number of hydrogen-bond acceptors (Lipinski definition) is 2. The molecule has 2 rings (SSSR count). The molecule has 1 aromatic carbocycles. The molecule has 1 aromatic rings. The van der Waals surface area contributed by atoms with Crippen molar-refractivity contribution in [2.75, 3.05) is 0 Å². The van der Waals surface area contributed by atoms with E-state index in [-0.39, 0.29) is 0 Å². The highest BCUT2D eigenvalue weighted by molar-refractivity contribution is 5.83. The fourth-order valence-electron chi connectivity index (χ4n) is 1.09. The maximum atomic E-state index is 7.21. The van der Waals surface area contributed by atoms with Crippen molar-refractivity contribution in [3.8, 4) is 5.75 Å². The van der Waals surface area contributed by atoms with Gasteiger partial charge in [-0.15, -0.1) is 0 Å². The van der Waals surface area contributed by atoms with E-state index in [0.717, 1.165) is 11.3 Å². The van der Waals surface area contributed by atoms with Gasteiger partial charge in [0.15, 0.2) is 5.90 Å². The maximum Gasteiger partial charge on any atom is 0.191 e. The number of fused-ring (bicyclic) bond motifs is 1. The number of ether oxygens (including phenoxy) is 1. The van der Waals surface area contributed by atoms with Crippen LogP contribution in [0.3, 0.4) is 0 Å². The first-order chi connectivity index (χ1) is 4.86. The Hall–Kier alpha value is -1.31. The van der Waals surface area contributed by atoms with Crippen molar-refractivity contribution < 1.29 is 4.74 Å². The van der Waals surface area contributed by atoms with Gasteiger partial charge in [0.1, 0.15) is 5.75 Å². The highest BCUT2D eigenvalue weighted by atomic mass is 16.5. The van der Waals surface area contributed by atoms with Gasteiger partial charge in [0.2, 0.25) is 0 Å². The molecule has 0 unspecified atom stereocenters. The second-order valence-corrected chi connectivity index (χ2v) is 2.31. The van der Waals surface area contributed by atoms with Crippen LogP contribution in [0.1, 0.15) is 5.56 Å². The summed E-state index contributed by atoms with van der Waals surface area (Å²) >= 11 is 0. The lowest BCUT2D eigenvalue weighted by Gasteiger charge is -1.93. The Balaban J connectivity index is 2.51. The lowest BCUT2D eigenvalue weighted by atomic mass is 10.2. The normalized spacial score (nSPS) is 14.6. The van der Waals surface area contributed by atoms with E-state index in [9.17, 15) is 0 Å². The van der Waals surface area contributed by atoms with Crippen LogP contribution in [0.2, 0.25) is 0 Å². The average Bonchev–Trinajstić information content (AvgIpc) is 2.27. The van der Waals surface area contributed by atoms with E-state index >= 15 is 0 Å². The zero-order valence-corrected chi connectivity index (χ0v) is 5.42. The summed E-state index contributed by atoms with van der Waals surface area (Å²) in [5.41, 5.74) is 1.12. The smallest absolute Gasteiger partial charge is 0.191 e. The molecule has 2 heteroatoms. The summed E-state index contributed by atoms with van der Waals surface area (Å²) < 4.78 is 5.09. The highest BCUT2D eigenvalue weighted by Gasteiger charge is 2.14. The van der Waals surface area contributed by atoms with E-state index in [1.807, 2.05) is 24.3 Å². The molecule has 1 aliphatic heterocycles. The Morgan fingerprint density at radius 3 is 2.90 bits per heavy atom. The Kier molecular flexibility index (Phi) is 1.01. The van der Waals surface area contributed by atoms with Crippen molar-refractivity contribution in [3.05, 3.63) is 29.8 Å². The predicted octanol–water partition coefficient (Wildman–Crippen LogP) is 1.60. The Labute approximate surface area is 59.0 Å². The van der Waals surface area contributed by atoms with Gasteiger partial charge in [0.25, 0.3) is 0 Å². The number of benzene rings is 1. The summed E-state index contributed by atoms with van der Waals surface area (Å²) in [5.74, 6) is 1.19. The first-order valence-corrected chi connectivity index (χ1v) is 3.19. The first kappa shape index (κ1) is 5.47. The topological polar surface area (TPSA) is 33.1 Å². The molecule has 0 saturated heterocycles. The molecule has 0 fully saturated rings. The van der Waals surface area contributed by atoms with Crippen molar-refractivity contribution >= 4 is 5.90 Å². The van der Waals surface area contributed by atoms with Crippen molar-refractivity contribution in [1.29, 1.82) is 5.41 Å². The zero-order valence-electron chi connectivity index (χ0n) is 5.42. The molecule has 0 spiro atoms. The summed E-state index contributed by atoms with van der Waals surface area (Å²) in [6, 6.07) is 7.74. The Morgan fingerprint density at radius 2 is 2.10 bits per heavy atom. The van der Waals surface area contributed by atoms with E-state index in [1.54, 1.807) is 0 Å². The van der Waals surface area contributed by atoms with Crippen molar-refractivity contribution in [2.24, 2.45) is 0 Å². The minimum atomic E-state index is 0.348. The van der Waals surface area contributed by atoms with Gasteiger partial charge in [-0.2, -0.15) is 0 Å². The van der Waals surface area contributed by atoms with Crippen LogP contribution >= 0.6 is 0 Å². The summed E-state index contributed by atoms with van der Waals surface area (Å²) in [7, 11) is 0. The molecule has 0 aliphatic carbocycles. The van der Waals surface area contributed by atoms with Crippen LogP contribution < -0.4 is 4.74 Å². The van der Waals surface area contributed by atoms with Crippen LogP contribution in [-0.4, -0.2) is 5.90 Å². The number of para-hydroxylation sites is 1. The van der Waals surface area contributed by atoms with Gasteiger partial charge >= 0.3 is 0 Å². The summed E-state index contributed by atoms with van der Waals surface area (Å²) in [6.07, 6.45) is 0.649. The molecule has 0 amide bonds. The van der Waals surface area contributed by atoms with E-state index < -0.39 is 0 Å². The van der Waals surface area contributed by atoms with Gasteiger partial charge < -0.3 is 4.74 Å². The molecule has 50 valence electrons. The first-order valence-electron chi connectivity index (χ1n) is 3.19. The Morgan fingerprint density at radius 1 is 1.30 bits per heavy atom. The third kappa shape index (κ3) is 0.692. The molecule has 0 atom stereocenters. The lowest BCUT2D eigenvalue weighted by Crippen LogP contribution is -1.98. The molecule has 0 radical (unpaired) electrons. The minimum absolute atomic E-state index is 0.348. The summed E-state index contributed by atoms with van der Waals surface area (Å²) in [5, 5.41) is 7.21. The van der Waals surface area contributed by atoms with E-state index in [4.69, 9.17) is 10.1 Å². The number of nitrogens with one attached hydrogen (secondary N) is 1. The maximum absolute atomic E-state index is 7.21. The molecule has 0 saturated carbocycles. The van der Waals surface area contributed by atoms with Crippen molar-refractivity contribution in [3.63, 3.8) is 0 Å². The second kappa shape index (κ2) is 1.84. The quantitative estimate of drug-likeness (QED) is 0.572. The fourth-order valence-corrected chi connectivity index (χ4v) is 1.09. The molecular formula is C8H7NO. The van der Waals surface area contributed by atoms with Gasteiger partial charge in [-0.3, -0.25) is 5.41 Å². The van der Waals surface area contributed by atoms with Gasteiger partial charge in [-0.1, -0.05) is 18.2 Å². The van der Waals surface area contributed by atoms with Crippen LogP contribution in [0.5, 0.6) is 5.75 Å². The zero-order chi connectivity index (χ0) is 6.97. The monoisotopic (exact) mass is 133 g/mol.